The smallest absolute Gasteiger partial charge is 0.0833 e. The zero-order valence-corrected chi connectivity index (χ0v) is 21.0. The molecule has 0 aromatic heterocycles. The minimum atomic E-state index is -0.715. The van der Waals surface area contributed by atoms with Gasteiger partial charge in [0.25, 0.3) is 0 Å². The third kappa shape index (κ3) is 3.88. The zero-order chi connectivity index (χ0) is 22.6. The third-order valence-electron chi connectivity index (χ3n) is 10.8. The summed E-state index contributed by atoms with van der Waals surface area (Å²) >= 11 is 0. The molecule has 31 heavy (non-hydrogen) atoms. The quantitative estimate of drug-likeness (QED) is 0.467. The number of fused-ring (bicyclic) bond motifs is 5. The summed E-state index contributed by atoms with van der Waals surface area (Å²) in [4.78, 5) is 0. The summed E-state index contributed by atoms with van der Waals surface area (Å²) in [6.45, 7) is 13.9. The maximum atomic E-state index is 11.7. The summed E-state index contributed by atoms with van der Waals surface area (Å²) in [7, 11) is 0. The van der Waals surface area contributed by atoms with E-state index in [2.05, 4.69) is 59.8 Å². The van der Waals surface area contributed by atoms with Crippen LogP contribution < -0.4 is 0 Å². The fraction of sp³-hybridized carbons (Fsp3) is 0.862. The van der Waals surface area contributed by atoms with E-state index in [-0.39, 0.29) is 11.5 Å². The van der Waals surface area contributed by atoms with Crippen LogP contribution >= 0.6 is 0 Å². The van der Waals surface area contributed by atoms with E-state index < -0.39 is 5.60 Å². The maximum absolute atomic E-state index is 11.7. The lowest BCUT2D eigenvalue weighted by molar-refractivity contribution is -0.0855. The predicted octanol–water partition coefficient (Wildman–Crippen LogP) is 6.92. The van der Waals surface area contributed by atoms with Crippen molar-refractivity contribution in [1.29, 1.82) is 0 Å². The Balaban J connectivity index is 1.56. The van der Waals surface area contributed by atoms with Gasteiger partial charge in [-0.3, -0.25) is 0 Å². The van der Waals surface area contributed by atoms with Gasteiger partial charge in [-0.2, -0.15) is 0 Å². The first-order valence-corrected chi connectivity index (χ1v) is 13.3. The molecule has 4 aliphatic rings. The molecule has 3 saturated carbocycles. The summed E-state index contributed by atoms with van der Waals surface area (Å²) < 4.78 is 0. The second kappa shape index (κ2) is 8.32. The number of allylic oxidation sites excluding steroid dienone is 2. The number of rotatable bonds is 5. The Bertz CT molecular complexity index is 718. The highest BCUT2D eigenvalue weighted by Gasteiger charge is 2.60. The Morgan fingerprint density at radius 2 is 1.87 bits per heavy atom. The Labute approximate surface area is 191 Å². The summed E-state index contributed by atoms with van der Waals surface area (Å²) in [6, 6.07) is 0. The third-order valence-corrected chi connectivity index (χ3v) is 10.8. The minimum absolute atomic E-state index is 0.125. The first kappa shape index (κ1) is 23.6. The molecule has 4 rings (SSSR count). The van der Waals surface area contributed by atoms with Crippen molar-refractivity contribution in [2.75, 3.05) is 0 Å². The molecule has 2 nitrogen and oxygen atoms in total. The molecule has 3 fully saturated rings. The average molecular weight is 429 g/mol. The van der Waals surface area contributed by atoms with E-state index in [0.29, 0.717) is 23.2 Å². The van der Waals surface area contributed by atoms with Crippen LogP contribution in [0.15, 0.2) is 23.8 Å². The zero-order valence-electron chi connectivity index (χ0n) is 21.0. The highest BCUT2D eigenvalue weighted by atomic mass is 16.3. The molecule has 176 valence electrons. The molecule has 0 spiro atoms. The van der Waals surface area contributed by atoms with Gasteiger partial charge in [-0.15, -0.1) is 0 Å². The SMILES string of the molecule is CCC(C=CC(C)(O)C1CCC2C3CC=C4CC(O)CCC4(C)C3CCC21C)C(C)C. The molecular formula is C29H48O2. The molecule has 0 aliphatic heterocycles. The lowest BCUT2D eigenvalue weighted by Gasteiger charge is -2.58. The minimum Gasteiger partial charge on any atom is -0.393 e. The van der Waals surface area contributed by atoms with E-state index in [4.69, 9.17) is 0 Å². The van der Waals surface area contributed by atoms with Gasteiger partial charge in [0.1, 0.15) is 0 Å². The van der Waals surface area contributed by atoms with Crippen molar-refractivity contribution in [2.45, 2.75) is 111 Å². The number of aliphatic hydroxyl groups excluding tert-OH is 1. The normalized spacial score (nSPS) is 45.6. The second-order valence-electron chi connectivity index (χ2n) is 12.7. The average Bonchev–Trinajstić information content (AvgIpc) is 3.07. The van der Waals surface area contributed by atoms with Gasteiger partial charge in [-0.05, 0) is 111 Å². The van der Waals surface area contributed by atoms with E-state index in [1.54, 1.807) is 5.57 Å². The number of aliphatic hydroxyl groups is 2. The predicted molar refractivity (Wildman–Crippen MR) is 130 cm³/mol. The topological polar surface area (TPSA) is 40.5 Å². The Kier molecular flexibility index (Phi) is 6.32. The van der Waals surface area contributed by atoms with Crippen molar-refractivity contribution in [1.82, 2.24) is 0 Å². The Morgan fingerprint density at radius 1 is 1.13 bits per heavy atom. The first-order valence-electron chi connectivity index (χ1n) is 13.3. The molecule has 0 aromatic carbocycles. The van der Waals surface area contributed by atoms with Crippen molar-refractivity contribution < 1.29 is 10.2 Å². The van der Waals surface area contributed by atoms with Crippen LogP contribution in [0.4, 0.5) is 0 Å². The largest absolute Gasteiger partial charge is 0.393 e. The Hall–Kier alpha value is -0.600. The van der Waals surface area contributed by atoms with Gasteiger partial charge in [0.15, 0.2) is 0 Å². The van der Waals surface area contributed by atoms with Crippen LogP contribution in [-0.2, 0) is 0 Å². The van der Waals surface area contributed by atoms with Gasteiger partial charge in [0.2, 0.25) is 0 Å². The van der Waals surface area contributed by atoms with E-state index in [1.807, 2.05) is 0 Å². The molecule has 0 heterocycles. The van der Waals surface area contributed by atoms with Crippen molar-refractivity contribution in [3.05, 3.63) is 23.8 Å². The molecular weight excluding hydrogens is 380 g/mol. The van der Waals surface area contributed by atoms with Gasteiger partial charge in [-0.1, -0.05) is 58.4 Å². The maximum Gasteiger partial charge on any atom is 0.0833 e. The van der Waals surface area contributed by atoms with Crippen molar-refractivity contribution in [3.8, 4) is 0 Å². The van der Waals surface area contributed by atoms with Gasteiger partial charge in [0.05, 0.1) is 11.7 Å². The van der Waals surface area contributed by atoms with Gasteiger partial charge >= 0.3 is 0 Å². The highest BCUT2D eigenvalue weighted by Crippen LogP contribution is 2.67. The summed E-state index contributed by atoms with van der Waals surface area (Å²) in [5.41, 5.74) is 1.38. The van der Waals surface area contributed by atoms with Crippen molar-refractivity contribution in [2.24, 2.45) is 46.3 Å². The molecule has 0 bridgehead atoms. The monoisotopic (exact) mass is 428 g/mol. The first-order chi connectivity index (χ1) is 14.5. The van der Waals surface area contributed by atoms with Crippen LogP contribution in [0.3, 0.4) is 0 Å². The lowest BCUT2D eigenvalue weighted by atomic mass is 9.47. The van der Waals surface area contributed by atoms with E-state index in [1.165, 1.54) is 25.7 Å². The highest BCUT2D eigenvalue weighted by molar-refractivity contribution is 5.26. The summed E-state index contributed by atoms with van der Waals surface area (Å²) in [5, 5.41) is 21.9. The summed E-state index contributed by atoms with van der Waals surface area (Å²) in [5.74, 6) is 3.78. The lowest BCUT2D eigenvalue weighted by Crippen LogP contribution is -2.52. The van der Waals surface area contributed by atoms with E-state index in [0.717, 1.165) is 49.9 Å². The molecule has 9 unspecified atom stereocenters. The fourth-order valence-corrected chi connectivity index (χ4v) is 8.87. The van der Waals surface area contributed by atoms with Crippen LogP contribution in [0, 0.1) is 46.3 Å². The van der Waals surface area contributed by atoms with Crippen molar-refractivity contribution in [3.63, 3.8) is 0 Å². The van der Waals surface area contributed by atoms with E-state index >= 15 is 0 Å². The fourth-order valence-electron chi connectivity index (χ4n) is 8.87. The van der Waals surface area contributed by atoms with E-state index in [9.17, 15) is 10.2 Å². The number of hydrogen-bond donors (Lipinski definition) is 2. The van der Waals surface area contributed by atoms with Gasteiger partial charge < -0.3 is 10.2 Å². The molecule has 0 radical (unpaired) electrons. The van der Waals surface area contributed by atoms with Crippen LogP contribution in [0.2, 0.25) is 0 Å². The molecule has 9 atom stereocenters. The van der Waals surface area contributed by atoms with Gasteiger partial charge in [0, 0.05) is 0 Å². The number of hydrogen-bond acceptors (Lipinski definition) is 2. The van der Waals surface area contributed by atoms with Gasteiger partial charge in [-0.25, -0.2) is 0 Å². The molecule has 4 aliphatic carbocycles. The van der Waals surface area contributed by atoms with Crippen LogP contribution in [0.5, 0.6) is 0 Å². The molecule has 2 heteroatoms. The molecule has 2 N–H and O–H groups in total. The summed E-state index contributed by atoms with van der Waals surface area (Å²) in [6.07, 6.45) is 17.2. The van der Waals surface area contributed by atoms with Crippen LogP contribution in [-0.4, -0.2) is 21.9 Å². The molecule has 0 saturated heterocycles. The van der Waals surface area contributed by atoms with Crippen LogP contribution in [0.25, 0.3) is 0 Å². The molecule has 0 aromatic rings. The Morgan fingerprint density at radius 3 is 2.55 bits per heavy atom. The standard InChI is InChI=1S/C29H48O2/c1-7-20(19(2)3)12-17-29(6,31)26-11-10-24-23-9-8-21-18-22(30)13-15-27(21,4)25(23)14-16-28(24,26)5/h8,12,17,19-20,22-26,30-31H,7,9-11,13-16,18H2,1-6H3. The molecule has 0 amide bonds. The van der Waals surface area contributed by atoms with Crippen LogP contribution in [0.1, 0.15) is 99.3 Å². The second-order valence-corrected chi connectivity index (χ2v) is 12.7. The van der Waals surface area contributed by atoms with Crippen molar-refractivity contribution >= 4 is 0 Å².